The van der Waals surface area contributed by atoms with Crippen molar-refractivity contribution in [2.75, 3.05) is 5.73 Å². The Balaban J connectivity index is 1.61. The average Bonchev–Trinajstić information content (AvgIpc) is 3.18. The quantitative estimate of drug-likeness (QED) is 0.348. The number of aromatic nitrogens is 2. The number of benzene rings is 1. The second kappa shape index (κ2) is 8.58. The van der Waals surface area contributed by atoms with Crippen molar-refractivity contribution in [3.8, 4) is 5.75 Å². The standard InChI is InChI=1S/C20H17BN4O5S/c22-20-24-15(10-31-20)14(7-11-3-2-6-23-9-11)18(26)25-16-8-12-4-1-5-13(19(27)28)17(12)30-21(16)29/h1-7,9-10,16,29H,8H2,(H2,22,24)(H,25,26)(H,27,28)/b14-7+/t16-/m0/s1. The number of carbonyl (C=O) groups excluding carboxylic acids is 1. The number of hydrogen-bond acceptors (Lipinski definition) is 8. The number of amides is 1. The van der Waals surface area contributed by atoms with Crippen LogP contribution in [-0.2, 0) is 11.2 Å². The first kappa shape index (κ1) is 20.6. The molecule has 0 saturated carbocycles. The lowest BCUT2D eigenvalue weighted by molar-refractivity contribution is -0.116. The minimum atomic E-state index is -1.42. The van der Waals surface area contributed by atoms with Crippen LogP contribution >= 0.6 is 11.3 Å². The number of nitrogens with one attached hydrogen (secondary N) is 1. The summed E-state index contributed by atoms with van der Waals surface area (Å²) in [7, 11) is -1.42. The van der Waals surface area contributed by atoms with Gasteiger partial charge in [0.05, 0.1) is 22.8 Å². The van der Waals surface area contributed by atoms with Gasteiger partial charge in [0.25, 0.3) is 5.91 Å². The molecule has 9 nitrogen and oxygen atoms in total. The van der Waals surface area contributed by atoms with Gasteiger partial charge in [-0.1, -0.05) is 18.2 Å². The summed E-state index contributed by atoms with van der Waals surface area (Å²) in [5.74, 6) is -2.34. The summed E-state index contributed by atoms with van der Waals surface area (Å²) in [4.78, 5) is 32.8. The van der Waals surface area contributed by atoms with Gasteiger partial charge in [-0.3, -0.25) is 9.78 Å². The van der Waals surface area contributed by atoms with Crippen molar-refractivity contribution in [2.24, 2.45) is 0 Å². The molecule has 0 aliphatic carbocycles. The molecule has 31 heavy (non-hydrogen) atoms. The molecule has 4 rings (SSSR count). The Morgan fingerprint density at radius 1 is 1.32 bits per heavy atom. The van der Waals surface area contributed by atoms with Crippen LogP contribution in [0.25, 0.3) is 11.6 Å². The summed E-state index contributed by atoms with van der Waals surface area (Å²) in [6.07, 6.45) is 5.05. The summed E-state index contributed by atoms with van der Waals surface area (Å²) >= 11 is 1.20. The summed E-state index contributed by atoms with van der Waals surface area (Å²) in [6.45, 7) is 0. The van der Waals surface area contributed by atoms with E-state index in [4.69, 9.17) is 10.4 Å². The molecule has 0 bridgehead atoms. The molecular weight excluding hydrogens is 419 g/mol. The Hall–Kier alpha value is -3.70. The maximum atomic E-state index is 13.1. The minimum absolute atomic E-state index is 0.0450. The van der Waals surface area contributed by atoms with E-state index in [1.54, 1.807) is 48.1 Å². The van der Waals surface area contributed by atoms with Crippen molar-refractivity contribution in [1.29, 1.82) is 0 Å². The minimum Gasteiger partial charge on any atom is -0.534 e. The highest BCUT2D eigenvalue weighted by Gasteiger charge is 2.38. The number of rotatable bonds is 5. The van der Waals surface area contributed by atoms with Gasteiger partial charge in [-0.25, -0.2) is 9.78 Å². The number of pyridine rings is 1. The smallest absolute Gasteiger partial charge is 0.534 e. The van der Waals surface area contributed by atoms with Crippen molar-refractivity contribution in [3.05, 3.63) is 70.5 Å². The highest BCUT2D eigenvalue weighted by molar-refractivity contribution is 7.13. The lowest BCUT2D eigenvalue weighted by atomic mass is 9.72. The van der Waals surface area contributed by atoms with Gasteiger partial charge >= 0.3 is 13.1 Å². The highest BCUT2D eigenvalue weighted by Crippen LogP contribution is 2.30. The third-order valence-electron chi connectivity index (χ3n) is 4.70. The summed E-state index contributed by atoms with van der Waals surface area (Å²) < 4.78 is 5.44. The topological polar surface area (TPSA) is 148 Å². The molecule has 0 spiro atoms. The number of carboxylic acids is 1. The number of nitrogens with zero attached hydrogens (tertiary/aromatic N) is 2. The van der Waals surface area contributed by atoms with Gasteiger partial charge in [-0.15, -0.1) is 11.3 Å². The van der Waals surface area contributed by atoms with Gasteiger partial charge in [-0.05, 0) is 35.8 Å². The fourth-order valence-electron chi connectivity index (χ4n) is 3.26. The molecule has 1 aliphatic heterocycles. The molecule has 1 atom stereocenters. The second-order valence-corrected chi connectivity index (χ2v) is 7.70. The van der Waals surface area contributed by atoms with Gasteiger partial charge in [0.2, 0.25) is 0 Å². The molecule has 2 aromatic heterocycles. The highest BCUT2D eigenvalue weighted by atomic mass is 32.1. The number of hydrogen-bond donors (Lipinski definition) is 4. The number of nitrogens with two attached hydrogens (primary N) is 1. The fraction of sp³-hybridized carbons (Fsp3) is 0.100. The Kier molecular flexibility index (Phi) is 5.69. The van der Waals surface area contributed by atoms with Gasteiger partial charge in [-0.2, -0.15) is 0 Å². The van der Waals surface area contributed by atoms with Crippen molar-refractivity contribution in [2.45, 2.75) is 12.4 Å². The molecule has 11 heteroatoms. The molecule has 1 aliphatic rings. The van der Waals surface area contributed by atoms with Crippen LogP contribution < -0.4 is 15.7 Å². The number of para-hydroxylation sites is 1. The molecule has 0 saturated heterocycles. The summed E-state index contributed by atoms with van der Waals surface area (Å²) in [5, 5.41) is 24.5. The van der Waals surface area contributed by atoms with Crippen LogP contribution in [-0.4, -0.2) is 45.0 Å². The van der Waals surface area contributed by atoms with Crippen LogP contribution in [0.2, 0.25) is 0 Å². The van der Waals surface area contributed by atoms with Crippen LogP contribution in [0, 0.1) is 0 Å². The van der Waals surface area contributed by atoms with E-state index in [2.05, 4.69) is 15.3 Å². The van der Waals surface area contributed by atoms with E-state index in [0.29, 0.717) is 22.0 Å². The van der Waals surface area contributed by atoms with Crippen LogP contribution in [0.5, 0.6) is 5.75 Å². The van der Waals surface area contributed by atoms with Crippen LogP contribution in [0.1, 0.15) is 27.2 Å². The Morgan fingerprint density at radius 3 is 2.84 bits per heavy atom. The molecule has 1 aromatic carbocycles. The van der Waals surface area contributed by atoms with Crippen molar-refractivity contribution < 1.29 is 24.4 Å². The van der Waals surface area contributed by atoms with E-state index >= 15 is 0 Å². The molecule has 3 aromatic rings. The zero-order chi connectivity index (χ0) is 22.0. The van der Waals surface area contributed by atoms with Crippen molar-refractivity contribution in [3.63, 3.8) is 0 Å². The van der Waals surface area contributed by atoms with Gasteiger partial charge in [0, 0.05) is 17.8 Å². The number of aromatic carboxylic acids is 1. The first-order valence-electron chi connectivity index (χ1n) is 9.26. The predicted octanol–water partition coefficient (Wildman–Crippen LogP) is 1.50. The monoisotopic (exact) mass is 436 g/mol. The predicted molar refractivity (Wildman–Crippen MR) is 116 cm³/mol. The maximum Gasteiger partial charge on any atom is 0.547 e. The number of fused-ring (bicyclic) bond motifs is 1. The van der Waals surface area contributed by atoms with E-state index in [-0.39, 0.29) is 23.3 Å². The van der Waals surface area contributed by atoms with E-state index in [1.807, 2.05) is 0 Å². The summed E-state index contributed by atoms with van der Waals surface area (Å²) in [6, 6.07) is 8.22. The van der Waals surface area contributed by atoms with E-state index < -0.39 is 24.9 Å². The SMILES string of the molecule is Nc1nc(/C(=C\c2cccnc2)C(=O)N[C@H]2Cc3cccc(C(=O)O)c3OB2O)cs1. The third kappa shape index (κ3) is 4.42. The third-order valence-corrected chi connectivity index (χ3v) is 5.38. The average molecular weight is 436 g/mol. The molecule has 3 heterocycles. The maximum absolute atomic E-state index is 13.1. The number of nitrogen functional groups attached to an aromatic ring is 1. The van der Waals surface area contributed by atoms with Gasteiger partial charge in [0.15, 0.2) is 5.13 Å². The van der Waals surface area contributed by atoms with E-state index in [9.17, 15) is 19.7 Å². The van der Waals surface area contributed by atoms with Crippen LogP contribution in [0.4, 0.5) is 5.13 Å². The molecule has 0 radical (unpaired) electrons. The lowest BCUT2D eigenvalue weighted by Crippen LogP contribution is -2.53. The van der Waals surface area contributed by atoms with Gasteiger partial charge in [0.1, 0.15) is 5.75 Å². The van der Waals surface area contributed by atoms with Crippen LogP contribution in [0.15, 0.2) is 48.1 Å². The normalized spacial score (nSPS) is 15.7. The van der Waals surface area contributed by atoms with E-state index in [1.165, 1.54) is 17.4 Å². The van der Waals surface area contributed by atoms with Crippen LogP contribution in [0.3, 0.4) is 0 Å². The second-order valence-electron chi connectivity index (χ2n) is 6.81. The lowest BCUT2D eigenvalue weighted by Gasteiger charge is -2.29. The molecule has 0 fully saturated rings. The zero-order valence-corrected chi connectivity index (χ0v) is 16.9. The summed E-state index contributed by atoms with van der Waals surface area (Å²) in [5.41, 5.74) is 7.60. The number of thiazole rings is 1. The Bertz CT molecular complexity index is 1170. The largest absolute Gasteiger partial charge is 0.547 e. The molecule has 0 unspecified atom stereocenters. The van der Waals surface area contributed by atoms with Gasteiger partial charge < -0.3 is 25.8 Å². The first-order valence-corrected chi connectivity index (χ1v) is 10.1. The van der Waals surface area contributed by atoms with E-state index in [0.717, 1.165) is 0 Å². The number of carboxylic acid groups (broad SMARTS) is 1. The molecule has 5 N–H and O–H groups in total. The molecule has 156 valence electrons. The van der Waals surface area contributed by atoms with Crippen molar-refractivity contribution in [1.82, 2.24) is 15.3 Å². The first-order chi connectivity index (χ1) is 14.9. The zero-order valence-electron chi connectivity index (χ0n) is 16.1. The molecule has 1 amide bonds. The number of carbonyl (C=O) groups is 2. The Morgan fingerprint density at radius 2 is 2.16 bits per heavy atom. The number of anilines is 1. The fourth-order valence-corrected chi connectivity index (χ4v) is 3.82. The van der Waals surface area contributed by atoms with Crippen molar-refractivity contribution >= 4 is 47.1 Å². The molecular formula is C20H17BN4O5S. The Labute approximate surface area is 181 Å².